The number of fused-ring (bicyclic) bond motifs is 1. The number of benzene rings is 2. The SMILES string of the molecule is CCOc1ccc(/C=c2\sc3nc(-c4ccc(F)cc4)nn3c2=O)cc1OCC. The van der Waals surface area contributed by atoms with Gasteiger partial charge in [0.2, 0.25) is 4.96 Å². The summed E-state index contributed by atoms with van der Waals surface area (Å²) < 4.78 is 26.1. The second kappa shape index (κ2) is 8.00. The van der Waals surface area contributed by atoms with Gasteiger partial charge in [0.05, 0.1) is 17.7 Å². The van der Waals surface area contributed by atoms with Gasteiger partial charge in [-0.25, -0.2) is 4.39 Å². The lowest BCUT2D eigenvalue weighted by atomic mass is 10.2. The maximum absolute atomic E-state index is 13.1. The fourth-order valence-corrected chi connectivity index (χ4v) is 3.77. The van der Waals surface area contributed by atoms with Gasteiger partial charge in [-0.05, 0) is 61.9 Å². The molecule has 2 aromatic carbocycles. The Hall–Kier alpha value is -3.26. The first-order valence-corrected chi connectivity index (χ1v) is 9.97. The Bertz CT molecular complexity index is 1270. The predicted octanol–water partition coefficient (Wildman–Crippen LogP) is 3.30. The lowest BCUT2D eigenvalue weighted by Gasteiger charge is -2.11. The van der Waals surface area contributed by atoms with E-state index in [9.17, 15) is 9.18 Å². The van der Waals surface area contributed by atoms with Crippen molar-refractivity contribution in [1.82, 2.24) is 14.6 Å². The zero-order valence-corrected chi connectivity index (χ0v) is 16.7. The van der Waals surface area contributed by atoms with Crippen LogP contribution in [0.5, 0.6) is 11.5 Å². The summed E-state index contributed by atoms with van der Waals surface area (Å²) in [4.78, 5) is 17.6. The highest BCUT2D eigenvalue weighted by Gasteiger charge is 2.12. The first-order valence-electron chi connectivity index (χ1n) is 9.16. The van der Waals surface area contributed by atoms with Crippen LogP contribution in [0.2, 0.25) is 0 Å². The maximum atomic E-state index is 13.1. The molecule has 4 aromatic rings. The molecule has 0 N–H and O–H groups in total. The molecule has 0 saturated carbocycles. The number of hydrogen-bond donors (Lipinski definition) is 0. The molecule has 0 radical (unpaired) electrons. The molecule has 2 aromatic heterocycles. The van der Waals surface area contributed by atoms with Crippen LogP contribution in [0, 0.1) is 5.82 Å². The van der Waals surface area contributed by atoms with Gasteiger partial charge in [-0.2, -0.15) is 9.50 Å². The number of ether oxygens (including phenoxy) is 2. The normalized spacial score (nSPS) is 11.9. The van der Waals surface area contributed by atoms with Crippen LogP contribution in [-0.4, -0.2) is 27.8 Å². The molecular weight excluding hydrogens is 393 g/mol. The largest absolute Gasteiger partial charge is 0.490 e. The molecule has 0 saturated heterocycles. The van der Waals surface area contributed by atoms with Crippen molar-refractivity contribution < 1.29 is 13.9 Å². The summed E-state index contributed by atoms with van der Waals surface area (Å²) in [5.74, 6) is 1.35. The predicted molar refractivity (Wildman–Crippen MR) is 110 cm³/mol. The minimum Gasteiger partial charge on any atom is -0.490 e. The van der Waals surface area contributed by atoms with Crippen molar-refractivity contribution in [2.24, 2.45) is 0 Å². The zero-order chi connectivity index (χ0) is 20.4. The number of thiazole rings is 1. The summed E-state index contributed by atoms with van der Waals surface area (Å²) in [7, 11) is 0. The number of hydrogen-bond acceptors (Lipinski definition) is 6. The van der Waals surface area contributed by atoms with Crippen LogP contribution >= 0.6 is 11.3 Å². The molecule has 0 atom stereocenters. The Morgan fingerprint density at radius 3 is 2.48 bits per heavy atom. The van der Waals surface area contributed by atoms with E-state index in [1.807, 2.05) is 32.0 Å². The van der Waals surface area contributed by atoms with Crippen molar-refractivity contribution in [3.8, 4) is 22.9 Å². The Balaban J connectivity index is 1.72. The highest BCUT2D eigenvalue weighted by Crippen LogP contribution is 2.28. The summed E-state index contributed by atoms with van der Waals surface area (Å²) in [6, 6.07) is 11.4. The summed E-state index contributed by atoms with van der Waals surface area (Å²) in [5.41, 5.74) is 1.22. The van der Waals surface area contributed by atoms with Gasteiger partial charge < -0.3 is 9.47 Å². The Kier molecular flexibility index (Phi) is 5.26. The van der Waals surface area contributed by atoms with Crippen molar-refractivity contribution in [3.63, 3.8) is 0 Å². The van der Waals surface area contributed by atoms with Gasteiger partial charge in [0.25, 0.3) is 5.56 Å². The molecule has 148 valence electrons. The minimum absolute atomic E-state index is 0.252. The highest BCUT2D eigenvalue weighted by molar-refractivity contribution is 7.15. The lowest BCUT2D eigenvalue weighted by Crippen LogP contribution is -2.23. The average molecular weight is 411 g/mol. The Morgan fingerprint density at radius 1 is 1.07 bits per heavy atom. The molecule has 6 nitrogen and oxygen atoms in total. The maximum Gasteiger partial charge on any atom is 0.291 e. The molecule has 0 bridgehead atoms. The second-order valence-electron chi connectivity index (χ2n) is 6.12. The fraction of sp³-hybridized carbons (Fsp3) is 0.190. The quantitative estimate of drug-likeness (QED) is 0.487. The summed E-state index contributed by atoms with van der Waals surface area (Å²) in [6.45, 7) is 4.87. The van der Waals surface area contributed by atoms with E-state index >= 15 is 0 Å². The molecule has 0 fully saturated rings. The van der Waals surface area contributed by atoms with Crippen molar-refractivity contribution >= 4 is 22.4 Å². The van der Waals surface area contributed by atoms with E-state index in [2.05, 4.69) is 10.1 Å². The molecule has 29 heavy (non-hydrogen) atoms. The van der Waals surface area contributed by atoms with Crippen LogP contribution < -0.4 is 19.6 Å². The average Bonchev–Trinajstić information content (AvgIpc) is 3.25. The molecule has 0 amide bonds. The van der Waals surface area contributed by atoms with Gasteiger partial charge in [0.15, 0.2) is 17.3 Å². The highest BCUT2D eigenvalue weighted by atomic mass is 32.1. The van der Waals surface area contributed by atoms with Crippen molar-refractivity contribution in [3.05, 3.63) is 68.7 Å². The van der Waals surface area contributed by atoms with Gasteiger partial charge >= 0.3 is 0 Å². The number of halogens is 1. The van der Waals surface area contributed by atoms with E-state index in [1.165, 1.54) is 28.0 Å². The van der Waals surface area contributed by atoms with Gasteiger partial charge in [-0.1, -0.05) is 17.4 Å². The molecule has 0 spiro atoms. The molecule has 0 aliphatic rings. The Labute approximate surface area is 169 Å². The molecule has 8 heteroatoms. The van der Waals surface area contributed by atoms with E-state index in [0.29, 0.717) is 45.6 Å². The number of rotatable bonds is 6. The van der Waals surface area contributed by atoms with Crippen molar-refractivity contribution in [2.75, 3.05) is 13.2 Å². The van der Waals surface area contributed by atoms with Gasteiger partial charge in [0.1, 0.15) is 5.82 Å². The molecule has 4 rings (SSSR count). The molecular formula is C21H18FN3O3S. The zero-order valence-electron chi connectivity index (χ0n) is 15.9. The molecule has 2 heterocycles. The van der Waals surface area contributed by atoms with Gasteiger partial charge in [-0.15, -0.1) is 5.10 Å². The fourth-order valence-electron chi connectivity index (χ4n) is 2.86. The molecule has 0 aliphatic heterocycles. The van der Waals surface area contributed by atoms with Crippen LogP contribution in [0.15, 0.2) is 47.3 Å². The Morgan fingerprint density at radius 2 is 1.79 bits per heavy atom. The summed E-state index contributed by atoms with van der Waals surface area (Å²) in [5, 5.41) is 4.28. The molecule has 0 aliphatic carbocycles. The topological polar surface area (TPSA) is 65.7 Å². The van der Waals surface area contributed by atoms with Crippen molar-refractivity contribution in [1.29, 1.82) is 0 Å². The number of aromatic nitrogens is 3. The van der Waals surface area contributed by atoms with Gasteiger partial charge in [-0.3, -0.25) is 4.79 Å². The van der Waals surface area contributed by atoms with Crippen LogP contribution in [-0.2, 0) is 0 Å². The second-order valence-corrected chi connectivity index (χ2v) is 7.13. The third-order valence-electron chi connectivity index (χ3n) is 4.15. The lowest BCUT2D eigenvalue weighted by molar-refractivity contribution is 0.287. The third kappa shape index (κ3) is 3.84. The third-order valence-corrected chi connectivity index (χ3v) is 5.11. The van der Waals surface area contributed by atoms with Crippen LogP contribution in [0.1, 0.15) is 19.4 Å². The van der Waals surface area contributed by atoms with Crippen LogP contribution in [0.4, 0.5) is 4.39 Å². The summed E-state index contributed by atoms with van der Waals surface area (Å²) in [6.07, 6.45) is 1.78. The van der Waals surface area contributed by atoms with E-state index in [0.717, 1.165) is 5.56 Å². The standard InChI is InChI=1S/C21H18FN3O3S/c1-3-27-16-10-5-13(11-17(16)28-4-2)12-18-20(26)25-21(29-18)23-19(24-25)14-6-8-15(22)9-7-14/h5-12H,3-4H2,1-2H3/b18-12-. The van der Waals surface area contributed by atoms with E-state index in [1.54, 1.807) is 18.2 Å². The van der Waals surface area contributed by atoms with Crippen LogP contribution in [0.3, 0.4) is 0 Å². The first-order chi connectivity index (χ1) is 14.1. The smallest absolute Gasteiger partial charge is 0.291 e. The van der Waals surface area contributed by atoms with Crippen LogP contribution in [0.25, 0.3) is 22.4 Å². The minimum atomic E-state index is -0.335. The van der Waals surface area contributed by atoms with E-state index < -0.39 is 0 Å². The molecule has 0 unspecified atom stereocenters. The first kappa shape index (κ1) is 19.1. The monoisotopic (exact) mass is 411 g/mol. The van der Waals surface area contributed by atoms with Crippen molar-refractivity contribution in [2.45, 2.75) is 13.8 Å². The number of nitrogens with zero attached hydrogens (tertiary/aromatic N) is 3. The van der Waals surface area contributed by atoms with E-state index in [-0.39, 0.29) is 11.4 Å². The summed E-state index contributed by atoms with van der Waals surface area (Å²) >= 11 is 1.25. The van der Waals surface area contributed by atoms with Gasteiger partial charge in [0, 0.05) is 5.56 Å². The van der Waals surface area contributed by atoms with E-state index in [4.69, 9.17) is 9.47 Å².